The molecule has 5 aromatic rings. The predicted molar refractivity (Wildman–Crippen MR) is 122 cm³/mol. The van der Waals surface area contributed by atoms with Crippen molar-refractivity contribution in [3.63, 3.8) is 0 Å². The molecule has 0 saturated carbocycles. The van der Waals surface area contributed by atoms with Gasteiger partial charge in [0.25, 0.3) is 0 Å². The van der Waals surface area contributed by atoms with E-state index in [1.54, 1.807) is 23.9 Å². The van der Waals surface area contributed by atoms with Gasteiger partial charge in [0.05, 0.1) is 33.5 Å². The van der Waals surface area contributed by atoms with E-state index in [1.807, 2.05) is 72.8 Å². The summed E-state index contributed by atoms with van der Waals surface area (Å²) in [7, 11) is 0. The Bertz CT molecular complexity index is 1340. The third-order valence-corrected chi connectivity index (χ3v) is 5.70. The Morgan fingerprint density at radius 3 is 2.27 bits per heavy atom. The van der Waals surface area contributed by atoms with E-state index in [9.17, 15) is 5.11 Å². The fourth-order valence-corrected chi connectivity index (χ4v) is 4.05. The minimum absolute atomic E-state index is 0.235. The fourth-order valence-electron chi connectivity index (χ4n) is 3.22. The highest BCUT2D eigenvalue weighted by Crippen LogP contribution is 2.28. The van der Waals surface area contributed by atoms with E-state index in [0.717, 1.165) is 44.2 Å². The number of rotatable bonds is 5. The number of imidazole rings is 1. The van der Waals surface area contributed by atoms with Crippen LogP contribution in [-0.2, 0) is 5.75 Å². The molecule has 0 saturated heterocycles. The Balaban J connectivity index is 1.49. The number of phenols is 1. The first-order valence-corrected chi connectivity index (χ1v) is 10.5. The molecule has 2 heterocycles. The molecule has 3 aromatic carbocycles. The average molecular weight is 411 g/mol. The summed E-state index contributed by atoms with van der Waals surface area (Å²) in [5, 5.41) is 10.9. The van der Waals surface area contributed by atoms with Gasteiger partial charge in [-0.05, 0) is 42.5 Å². The smallest absolute Gasteiger partial charge is 0.123 e. The van der Waals surface area contributed by atoms with Crippen LogP contribution in [0.5, 0.6) is 5.75 Å². The van der Waals surface area contributed by atoms with E-state index in [2.05, 4.69) is 9.97 Å². The second-order valence-electron chi connectivity index (χ2n) is 6.78. The number of fused-ring (bicyclic) bond motifs is 2. The van der Waals surface area contributed by atoms with Crippen molar-refractivity contribution >= 4 is 46.0 Å². The van der Waals surface area contributed by atoms with Crippen LogP contribution in [0.25, 0.3) is 34.2 Å². The van der Waals surface area contributed by atoms with E-state index in [1.165, 1.54) is 0 Å². The molecule has 5 rings (SSSR count). The Morgan fingerprint density at radius 1 is 0.767 bits per heavy atom. The third-order valence-electron chi connectivity index (χ3n) is 4.71. The molecule has 30 heavy (non-hydrogen) atoms. The topological polar surface area (TPSA) is 74.7 Å². The Labute approximate surface area is 177 Å². The lowest BCUT2D eigenvalue weighted by molar-refractivity contribution is 0.474. The maximum atomic E-state index is 10.0. The summed E-state index contributed by atoms with van der Waals surface area (Å²) in [5.74, 6) is 1.78. The molecule has 0 aliphatic carbocycles. The molecule has 146 valence electrons. The maximum absolute atomic E-state index is 10.0. The van der Waals surface area contributed by atoms with Crippen LogP contribution in [0.15, 0.2) is 77.8 Å². The molecule has 0 aliphatic heterocycles. The van der Waals surface area contributed by atoms with Crippen LogP contribution in [0.3, 0.4) is 0 Å². The quantitative estimate of drug-likeness (QED) is 0.365. The van der Waals surface area contributed by atoms with Crippen LogP contribution >= 0.6 is 11.8 Å². The van der Waals surface area contributed by atoms with Crippen molar-refractivity contribution in [2.75, 3.05) is 0 Å². The molecule has 0 spiro atoms. The summed E-state index contributed by atoms with van der Waals surface area (Å²) >= 11 is 1.59. The van der Waals surface area contributed by atoms with Gasteiger partial charge in [-0.2, -0.15) is 0 Å². The number of H-pyrrole nitrogens is 1. The van der Waals surface area contributed by atoms with Crippen LogP contribution in [0.2, 0.25) is 0 Å². The van der Waals surface area contributed by atoms with Crippen molar-refractivity contribution in [1.82, 2.24) is 19.9 Å². The molecule has 2 aromatic heterocycles. The Morgan fingerprint density at radius 2 is 1.47 bits per heavy atom. The van der Waals surface area contributed by atoms with Crippen molar-refractivity contribution in [1.29, 1.82) is 0 Å². The van der Waals surface area contributed by atoms with Crippen LogP contribution in [0.4, 0.5) is 0 Å². The second-order valence-corrected chi connectivity index (χ2v) is 7.75. The minimum Gasteiger partial charge on any atom is -0.507 e. The lowest BCUT2D eigenvalue weighted by Crippen LogP contribution is -1.94. The van der Waals surface area contributed by atoms with Gasteiger partial charge in [0, 0.05) is 5.56 Å². The number of thioether (sulfide) groups is 1. The third kappa shape index (κ3) is 3.77. The van der Waals surface area contributed by atoms with E-state index in [4.69, 9.17) is 9.97 Å². The SMILES string of the molecule is Oc1ccccc1/C=C/c1nc2ccccc2nc1SCc1nc2ccccc2[nH]1. The van der Waals surface area contributed by atoms with Gasteiger partial charge >= 0.3 is 0 Å². The first kappa shape index (κ1) is 18.4. The van der Waals surface area contributed by atoms with Crippen molar-refractivity contribution in [3.8, 4) is 5.75 Å². The van der Waals surface area contributed by atoms with Crippen molar-refractivity contribution in [2.24, 2.45) is 0 Å². The van der Waals surface area contributed by atoms with Gasteiger partial charge in [-0.25, -0.2) is 15.0 Å². The van der Waals surface area contributed by atoms with Crippen molar-refractivity contribution in [3.05, 3.63) is 89.9 Å². The van der Waals surface area contributed by atoms with E-state index in [-0.39, 0.29) is 5.75 Å². The maximum Gasteiger partial charge on any atom is 0.123 e. The Kier molecular flexibility index (Phi) is 4.91. The highest BCUT2D eigenvalue weighted by molar-refractivity contribution is 7.98. The summed E-state index contributed by atoms with van der Waals surface area (Å²) in [6.07, 6.45) is 3.76. The van der Waals surface area contributed by atoms with Gasteiger partial charge in [0.2, 0.25) is 0 Å². The number of nitrogens with one attached hydrogen (secondary N) is 1. The van der Waals surface area contributed by atoms with Crippen LogP contribution in [0, 0.1) is 0 Å². The lowest BCUT2D eigenvalue weighted by Gasteiger charge is -2.06. The number of aromatic amines is 1. The highest BCUT2D eigenvalue weighted by Gasteiger charge is 2.10. The average Bonchev–Trinajstić information content (AvgIpc) is 3.20. The number of nitrogens with zero attached hydrogens (tertiary/aromatic N) is 3. The number of benzene rings is 3. The van der Waals surface area contributed by atoms with Gasteiger partial charge in [0.15, 0.2) is 0 Å². The monoisotopic (exact) mass is 410 g/mol. The standard InChI is InChI=1S/C24H18N4OS/c29-22-12-6-1-7-16(22)13-14-21-24(28-20-11-5-2-8-17(20)25-21)30-15-23-26-18-9-3-4-10-19(18)27-23/h1-14,29H,15H2,(H,26,27)/b14-13+. The number of para-hydroxylation sites is 5. The lowest BCUT2D eigenvalue weighted by atomic mass is 10.2. The molecule has 2 N–H and O–H groups in total. The van der Waals surface area contributed by atoms with E-state index < -0.39 is 0 Å². The zero-order valence-electron chi connectivity index (χ0n) is 16.0. The summed E-state index contributed by atoms with van der Waals surface area (Å²) in [6, 6.07) is 23.0. The number of hydrogen-bond donors (Lipinski definition) is 2. The van der Waals surface area contributed by atoms with Gasteiger partial charge in [-0.3, -0.25) is 0 Å². The number of aromatic hydroxyl groups is 1. The first-order chi connectivity index (χ1) is 14.8. The minimum atomic E-state index is 0.235. The summed E-state index contributed by atoms with van der Waals surface area (Å²) in [4.78, 5) is 17.6. The molecule has 0 amide bonds. The molecular formula is C24H18N4OS. The second kappa shape index (κ2) is 8.00. The van der Waals surface area contributed by atoms with Gasteiger partial charge in [-0.15, -0.1) is 0 Å². The zero-order valence-corrected chi connectivity index (χ0v) is 16.8. The molecule has 0 atom stereocenters. The molecular weight excluding hydrogens is 392 g/mol. The highest BCUT2D eigenvalue weighted by atomic mass is 32.2. The summed E-state index contributed by atoms with van der Waals surface area (Å²) < 4.78 is 0. The van der Waals surface area contributed by atoms with Crippen molar-refractivity contribution in [2.45, 2.75) is 10.8 Å². The molecule has 0 aliphatic rings. The van der Waals surface area contributed by atoms with Crippen LogP contribution in [-0.4, -0.2) is 25.0 Å². The van der Waals surface area contributed by atoms with E-state index >= 15 is 0 Å². The molecule has 0 unspecified atom stereocenters. The number of hydrogen-bond acceptors (Lipinski definition) is 5. The number of aromatic nitrogens is 4. The molecule has 0 fully saturated rings. The van der Waals surface area contributed by atoms with Gasteiger partial charge < -0.3 is 10.1 Å². The predicted octanol–water partition coefficient (Wildman–Crippen LogP) is 5.67. The molecule has 6 heteroatoms. The summed E-state index contributed by atoms with van der Waals surface area (Å²) in [6.45, 7) is 0. The fraction of sp³-hybridized carbons (Fsp3) is 0.0417. The van der Waals surface area contributed by atoms with Gasteiger partial charge in [0.1, 0.15) is 16.6 Å². The van der Waals surface area contributed by atoms with Crippen LogP contribution < -0.4 is 0 Å². The molecule has 5 nitrogen and oxygen atoms in total. The van der Waals surface area contributed by atoms with E-state index in [0.29, 0.717) is 5.75 Å². The Hall–Kier alpha value is -3.64. The molecule has 0 bridgehead atoms. The van der Waals surface area contributed by atoms with Crippen molar-refractivity contribution < 1.29 is 5.11 Å². The molecule has 0 radical (unpaired) electrons. The number of phenolic OH excluding ortho intramolecular Hbond substituents is 1. The largest absolute Gasteiger partial charge is 0.507 e. The normalized spacial score (nSPS) is 11.6. The van der Waals surface area contributed by atoms with Gasteiger partial charge in [-0.1, -0.05) is 54.2 Å². The van der Waals surface area contributed by atoms with Crippen LogP contribution in [0.1, 0.15) is 17.1 Å². The first-order valence-electron chi connectivity index (χ1n) is 9.55. The summed E-state index contributed by atoms with van der Waals surface area (Å²) in [5.41, 5.74) is 5.17. The zero-order chi connectivity index (χ0) is 20.3.